The van der Waals surface area contributed by atoms with Crippen molar-refractivity contribution in [3.8, 4) is 17.2 Å². The molecule has 2 aromatic carbocycles. The van der Waals surface area contributed by atoms with E-state index in [1.165, 1.54) is 7.05 Å². The molecule has 3 aromatic rings. The summed E-state index contributed by atoms with van der Waals surface area (Å²) in [5.41, 5.74) is 1.57. The molecular weight excluding hydrogens is 460 g/mol. The van der Waals surface area contributed by atoms with Crippen LogP contribution in [0.3, 0.4) is 0 Å². The molecule has 1 saturated heterocycles. The van der Waals surface area contributed by atoms with Crippen molar-refractivity contribution in [2.24, 2.45) is 7.05 Å². The van der Waals surface area contributed by atoms with Crippen LogP contribution in [-0.2, 0) is 7.05 Å². The first-order valence-corrected chi connectivity index (χ1v) is 12.2. The number of amides is 1. The minimum atomic E-state index is -0.387. The SMILES string of the molecule is CCOc1ccc(C(=O)N2CCN(c3c(C)n(-c4ccccc4)c(=O)n(C)c3=O)CC2)cc1OCC. The summed E-state index contributed by atoms with van der Waals surface area (Å²) in [6.07, 6.45) is 0. The largest absolute Gasteiger partial charge is 0.490 e. The Balaban J connectivity index is 1.57. The molecular formula is C27H32N4O5. The van der Waals surface area contributed by atoms with E-state index in [9.17, 15) is 14.4 Å². The van der Waals surface area contributed by atoms with Crippen LogP contribution in [0.2, 0.25) is 0 Å². The van der Waals surface area contributed by atoms with Gasteiger partial charge in [-0.25, -0.2) is 4.79 Å². The van der Waals surface area contributed by atoms with E-state index in [2.05, 4.69) is 0 Å². The summed E-state index contributed by atoms with van der Waals surface area (Å²) in [4.78, 5) is 43.0. The van der Waals surface area contributed by atoms with E-state index < -0.39 is 0 Å². The maximum Gasteiger partial charge on any atom is 0.335 e. The zero-order valence-electron chi connectivity index (χ0n) is 21.2. The van der Waals surface area contributed by atoms with Gasteiger partial charge in [0.25, 0.3) is 11.5 Å². The summed E-state index contributed by atoms with van der Waals surface area (Å²) < 4.78 is 14.0. The summed E-state index contributed by atoms with van der Waals surface area (Å²) in [7, 11) is 1.49. The van der Waals surface area contributed by atoms with Gasteiger partial charge in [0, 0.05) is 38.8 Å². The van der Waals surface area contributed by atoms with Gasteiger partial charge in [-0.05, 0) is 51.1 Å². The number of benzene rings is 2. The average Bonchev–Trinajstić information content (AvgIpc) is 2.89. The van der Waals surface area contributed by atoms with Gasteiger partial charge in [0.2, 0.25) is 0 Å². The van der Waals surface area contributed by atoms with E-state index in [0.29, 0.717) is 73.5 Å². The number of ether oxygens (including phenoxy) is 2. The van der Waals surface area contributed by atoms with E-state index in [0.717, 1.165) is 4.57 Å². The van der Waals surface area contributed by atoms with Gasteiger partial charge in [-0.15, -0.1) is 0 Å². The van der Waals surface area contributed by atoms with E-state index >= 15 is 0 Å². The van der Waals surface area contributed by atoms with E-state index in [1.54, 1.807) is 34.6 Å². The highest BCUT2D eigenvalue weighted by Crippen LogP contribution is 2.29. The fourth-order valence-corrected chi connectivity index (χ4v) is 4.54. The van der Waals surface area contributed by atoms with Crippen molar-refractivity contribution in [3.05, 3.63) is 80.6 Å². The molecule has 9 heteroatoms. The molecule has 0 radical (unpaired) electrons. The Morgan fingerprint density at radius 3 is 2.17 bits per heavy atom. The van der Waals surface area contributed by atoms with E-state index in [-0.39, 0.29) is 17.2 Å². The van der Waals surface area contributed by atoms with Crippen molar-refractivity contribution in [3.63, 3.8) is 0 Å². The molecule has 1 aliphatic rings. The molecule has 4 rings (SSSR count). The predicted molar refractivity (Wildman–Crippen MR) is 139 cm³/mol. The van der Waals surface area contributed by atoms with E-state index in [4.69, 9.17) is 9.47 Å². The van der Waals surface area contributed by atoms with Crippen LogP contribution in [0, 0.1) is 6.92 Å². The molecule has 0 atom stereocenters. The quantitative estimate of drug-likeness (QED) is 0.504. The summed E-state index contributed by atoms with van der Waals surface area (Å²) >= 11 is 0. The Morgan fingerprint density at radius 1 is 0.889 bits per heavy atom. The van der Waals surface area contributed by atoms with Crippen molar-refractivity contribution in [2.45, 2.75) is 20.8 Å². The lowest BCUT2D eigenvalue weighted by Crippen LogP contribution is -2.52. The van der Waals surface area contributed by atoms with Crippen molar-refractivity contribution in [1.82, 2.24) is 14.0 Å². The van der Waals surface area contributed by atoms with Crippen LogP contribution >= 0.6 is 0 Å². The number of hydrogen-bond acceptors (Lipinski definition) is 6. The van der Waals surface area contributed by atoms with Gasteiger partial charge in [0.15, 0.2) is 11.5 Å². The van der Waals surface area contributed by atoms with Crippen LogP contribution in [0.25, 0.3) is 5.69 Å². The van der Waals surface area contributed by atoms with Crippen molar-refractivity contribution >= 4 is 11.6 Å². The van der Waals surface area contributed by atoms with Crippen LogP contribution < -0.4 is 25.6 Å². The molecule has 1 amide bonds. The highest BCUT2D eigenvalue weighted by molar-refractivity contribution is 5.95. The monoisotopic (exact) mass is 492 g/mol. The Labute approximate surface area is 210 Å². The van der Waals surface area contributed by atoms with Gasteiger partial charge in [-0.2, -0.15) is 0 Å². The first-order valence-electron chi connectivity index (χ1n) is 12.2. The molecule has 0 N–H and O–H groups in total. The lowest BCUT2D eigenvalue weighted by molar-refractivity contribution is 0.0746. The number of nitrogens with zero attached hydrogens (tertiary/aromatic N) is 4. The third-order valence-corrected chi connectivity index (χ3v) is 6.35. The Bertz CT molecular complexity index is 1360. The third-order valence-electron chi connectivity index (χ3n) is 6.35. The first kappa shape index (κ1) is 25.1. The predicted octanol–water partition coefficient (Wildman–Crippen LogP) is 2.60. The second kappa shape index (κ2) is 10.7. The number of carbonyl (C=O) groups is 1. The topological polar surface area (TPSA) is 86.0 Å². The zero-order chi connectivity index (χ0) is 25.8. The highest BCUT2D eigenvalue weighted by atomic mass is 16.5. The summed E-state index contributed by atoms with van der Waals surface area (Å²) in [6, 6.07) is 14.5. The number of carbonyl (C=O) groups excluding carboxylic acids is 1. The fourth-order valence-electron chi connectivity index (χ4n) is 4.54. The molecule has 1 fully saturated rings. The van der Waals surface area contributed by atoms with Crippen LogP contribution in [0.5, 0.6) is 11.5 Å². The summed E-state index contributed by atoms with van der Waals surface area (Å²) in [6.45, 7) is 8.39. The second-order valence-corrected chi connectivity index (χ2v) is 8.56. The maximum absolute atomic E-state index is 13.2. The minimum Gasteiger partial charge on any atom is -0.490 e. The molecule has 0 aliphatic carbocycles. The summed E-state index contributed by atoms with van der Waals surface area (Å²) in [5.74, 6) is 1.06. The zero-order valence-corrected chi connectivity index (χ0v) is 21.2. The lowest BCUT2D eigenvalue weighted by Gasteiger charge is -2.36. The molecule has 1 aromatic heterocycles. The number of para-hydroxylation sites is 1. The molecule has 0 unspecified atom stereocenters. The van der Waals surface area contributed by atoms with Crippen LogP contribution in [0.15, 0.2) is 58.1 Å². The Morgan fingerprint density at radius 2 is 1.53 bits per heavy atom. The van der Waals surface area contributed by atoms with Crippen molar-refractivity contribution < 1.29 is 14.3 Å². The normalized spacial score (nSPS) is 13.6. The highest BCUT2D eigenvalue weighted by Gasteiger charge is 2.27. The van der Waals surface area contributed by atoms with Gasteiger partial charge in [-0.3, -0.25) is 18.7 Å². The molecule has 2 heterocycles. The molecule has 9 nitrogen and oxygen atoms in total. The molecule has 0 saturated carbocycles. The average molecular weight is 493 g/mol. The number of piperazine rings is 1. The van der Waals surface area contributed by atoms with Gasteiger partial charge in [0.1, 0.15) is 5.69 Å². The molecule has 0 spiro atoms. The smallest absolute Gasteiger partial charge is 0.335 e. The molecule has 1 aliphatic heterocycles. The van der Waals surface area contributed by atoms with Gasteiger partial charge in [-0.1, -0.05) is 18.2 Å². The van der Waals surface area contributed by atoms with Gasteiger partial charge >= 0.3 is 5.69 Å². The van der Waals surface area contributed by atoms with Crippen LogP contribution in [0.1, 0.15) is 29.9 Å². The molecule has 190 valence electrons. The first-order chi connectivity index (χ1) is 17.4. The van der Waals surface area contributed by atoms with Crippen molar-refractivity contribution in [2.75, 3.05) is 44.3 Å². The molecule has 36 heavy (non-hydrogen) atoms. The van der Waals surface area contributed by atoms with Gasteiger partial charge < -0.3 is 19.3 Å². The van der Waals surface area contributed by atoms with Crippen LogP contribution in [-0.4, -0.2) is 59.3 Å². The number of aromatic nitrogens is 2. The fraction of sp³-hybridized carbons (Fsp3) is 0.370. The Hall–Kier alpha value is -4.01. The number of rotatable bonds is 7. The minimum absolute atomic E-state index is 0.0995. The van der Waals surface area contributed by atoms with Gasteiger partial charge in [0.05, 0.1) is 24.6 Å². The van der Waals surface area contributed by atoms with E-state index in [1.807, 2.05) is 49.1 Å². The maximum atomic E-state index is 13.2. The molecule has 0 bridgehead atoms. The lowest BCUT2D eigenvalue weighted by atomic mass is 10.1. The Kier molecular flexibility index (Phi) is 7.47. The van der Waals surface area contributed by atoms with Crippen molar-refractivity contribution in [1.29, 1.82) is 0 Å². The number of anilines is 1. The number of hydrogen-bond donors (Lipinski definition) is 0. The van der Waals surface area contributed by atoms with Crippen LogP contribution in [0.4, 0.5) is 5.69 Å². The third kappa shape index (κ3) is 4.73. The standard InChI is InChI=1S/C27H32N4O5/c1-5-35-22-13-12-20(18-23(22)36-6-2)25(32)30-16-14-29(15-17-30)24-19(3)31(21-10-8-7-9-11-21)27(34)28(4)26(24)33/h7-13,18H,5-6,14-17H2,1-4H3. The summed E-state index contributed by atoms with van der Waals surface area (Å²) in [5, 5.41) is 0. The second-order valence-electron chi connectivity index (χ2n) is 8.56.